The molecule has 3 rings (SSSR count). The Morgan fingerprint density at radius 1 is 1.07 bits per heavy atom. The predicted molar refractivity (Wildman–Crippen MR) is 120 cm³/mol. The van der Waals surface area contributed by atoms with Gasteiger partial charge >= 0.3 is 0 Å². The lowest BCUT2D eigenvalue weighted by Crippen LogP contribution is -2.41. The van der Waals surface area contributed by atoms with Gasteiger partial charge in [-0.1, -0.05) is 49.4 Å². The molecule has 0 aliphatic rings. The van der Waals surface area contributed by atoms with Crippen LogP contribution >= 0.6 is 0 Å². The van der Waals surface area contributed by atoms with Crippen LogP contribution in [-0.4, -0.2) is 23.1 Å². The molecule has 3 nitrogen and oxygen atoms in total. The molecule has 0 amide bonds. The highest BCUT2D eigenvalue weighted by Crippen LogP contribution is 2.32. The number of nitrogens with zero attached hydrogens (tertiary/aromatic N) is 2. The lowest BCUT2D eigenvalue weighted by Gasteiger charge is -2.24. The normalized spacial score (nSPS) is 13.3. The lowest BCUT2D eigenvalue weighted by atomic mass is 9.97. The maximum Gasteiger partial charge on any atom is 0.126 e. The van der Waals surface area contributed by atoms with Crippen molar-refractivity contribution in [2.75, 3.05) is 0 Å². The lowest BCUT2D eigenvalue weighted by molar-refractivity contribution is 0.397. The van der Waals surface area contributed by atoms with Crippen molar-refractivity contribution >= 4 is 40.5 Å². The summed E-state index contributed by atoms with van der Waals surface area (Å²) < 4.78 is 0. The van der Waals surface area contributed by atoms with Gasteiger partial charge in [-0.05, 0) is 44.7 Å². The number of hydrogen-bond acceptors (Lipinski definition) is 3. The second-order valence-electron chi connectivity index (χ2n) is 8.55. The number of hydrogen-bond donors (Lipinski definition) is 1. The van der Waals surface area contributed by atoms with Gasteiger partial charge in [0, 0.05) is 22.8 Å². The molecular weight excluding hydrogens is 348 g/mol. The molecule has 0 unspecified atom stereocenters. The molecule has 1 heterocycles. The van der Waals surface area contributed by atoms with Crippen LogP contribution in [0.25, 0.3) is 27.2 Å². The maximum absolute atomic E-state index is 10.3. The van der Waals surface area contributed by atoms with Gasteiger partial charge in [-0.15, -0.1) is 0 Å². The number of benzene rings is 2. The number of aryl methyl sites for hydroxylation is 3. The largest absolute Gasteiger partial charge is 0.512 e. The smallest absolute Gasteiger partial charge is 0.126 e. The third-order valence-corrected chi connectivity index (χ3v) is 7.67. The summed E-state index contributed by atoms with van der Waals surface area (Å²) in [5, 5.41) is 15.3. The molecule has 142 valence electrons. The average Bonchev–Trinajstić information content (AvgIpc) is 2.57. The zero-order chi connectivity index (χ0) is 20.1. The van der Waals surface area contributed by atoms with Crippen molar-refractivity contribution in [2.45, 2.75) is 60.7 Å². The SMILES string of the molecule is CC/C(O)=C(\C)c1nc(C)nc2c1ccc1cc(C)c([Si](C)(C)C)c(C)c12. The quantitative estimate of drug-likeness (QED) is 0.348. The van der Waals surface area contributed by atoms with E-state index in [4.69, 9.17) is 4.98 Å². The Kier molecular flexibility index (Phi) is 4.89. The fourth-order valence-electron chi connectivity index (χ4n) is 4.41. The van der Waals surface area contributed by atoms with Crippen molar-refractivity contribution < 1.29 is 5.11 Å². The topological polar surface area (TPSA) is 46.0 Å². The molecule has 0 fully saturated rings. The Hall–Kier alpha value is -2.20. The van der Waals surface area contributed by atoms with Gasteiger partial charge in [0.25, 0.3) is 0 Å². The van der Waals surface area contributed by atoms with Gasteiger partial charge in [0.2, 0.25) is 0 Å². The van der Waals surface area contributed by atoms with Crippen LogP contribution in [0, 0.1) is 20.8 Å². The van der Waals surface area contributed by atoms with Crippen molar-refractivity contribution in [3.05, 3.63) is 46.6 Å². The molecule has 0 saturated carbocycles. The van der Waals surface area contributed by atoms with Crippen molar-refractivity contribution in [1.29, 1.82) is 0 Å². The van der Waals surface area contributed by atoms with E-state index in [-0.39, 0.29) is 0 Å². The molecule has 2 aromatic carbocycles. The van der Waals surface area contributed by atoms with E-state index in [1.807, 2.05) is 20.8 Å². The summed E-state index contributed by atoms with van der Waals surface area (Å²) in [6.07, 6.45) is 0.599. The van der Waals surface area contributed by atoms with Crippen molar-refractivity contribution in [3.63, 3.8) is 0 Å². The Bertz CT molecular complexity index is 1090. The highest BCUT2D eigenvalue weighted by molar-refractivity contribution is 6.89. The van der Waals surface area contributed by atoms with Crippen LogP contribution in [0.5, 0.6) is 0 Å². The maximum atomic E-state index is 10.3. The molecular formula is C23H30N2OSi. The van der Waals surface area contributed by atoms with E-state index in [1.54, 1.807) is 0 Å². The van der Waals surface area contributed by atoms with Crippen LogP contribution in [0.4, 0.5) is 0 Å². The van der Waals surface area contributed by atoms with Gasteiger partial charge in [0.1, 0.15) is 5.82 Å². The molecule has 1 aromatic heterocycles. The zero-order valence-corrected chi connectivity index (χ0v) is 18.8. The molecule has 4 heteroatoms. The van der Waals surface area contributed by atoms with Crippen LogP contribution < -0.4 is 5.19 Å². The molecule has 27 heavy (non-hydrogen) atoms. The standard InChI is InChI=1S/C23H30N2OSi/c1-9-19(26)14(3)21-18-11-10-17-12-13(2)23(27(6,7)8)15(4)20(17)22(18)25-16(5)24-21/h10-12,26H,9H2,1-8H3/b19-14-. The second-order valence-corrected chi connectivity index (χ2v) is 13.5. The van der Waals surface area contributed by atoms with Gasteiger partial charge in [0.15, 0.2) is 0 Å². The summed E-state index contributed by atoms with van der Waals surface area (Å²) >= 11 is 0. The summed E-state index contributed by atoms with van der Waals surface area (Å²) in [5.74, 6) is 1.13. The summed E-state index contributed by atoms with van der Waals surface area (Å²) in [5.41, 5.74) is 5.40. The molecule has 0 aliphatic heterocycles. The van der Waals surface area contributed by atoms with E-state index < -0.39 is 8.07 Å². The van der Waals surface area contributed by atoms with Gasteiger partial charge in [-0.3, -0.25) is 0 Å². The Morgan fingerprint density at radius 3 is 2.33 bits per heavy atom. The highest BCUT2D eigenvalue weighted by Gasteiger charge is 2.24. The summed E-state index contributed by atoms with van der Waals surface area (Å²) in [7, 11) is -1.49. The van der Waals surface area contributed by atoms with Gasteiger partial charge in [-0.25, -0.2) is 9.97 Å². The van der Waals surface area contributed by atoms with Crippen molar-refractivity contribution in [1.82, 2.24) is 9.97 Å². The molecule has 0 radical (unpaired) electrons. The second kappa shape index (κ2) is 6.75. The first kappa shape index (κ1) is 19.6. The fraction of sp³-hybridized carbons (Fsp3) is 0.391. The average molecular weight is 379 g/mol. The van der Waals surface area contributed by atoms with Gasteiger partial charge in [0.05, 0.1) is 25.0 Å². The highest BCUT2D eigenvalue weighted by atomic mass is 28.3. The fourth-order valence-corrected chi connectivity index (χ4v) is 6.91. The third-order valence-electron chi connectivity index (χ3n) is 5.40. The summed E-state index contributed by atoms with van der Waals surface area (Å²) in [6.45, 7) is 17.5. The molecule has 0 aliphatic carbocycles. The van der Waals surface area contributed by atoms with Gasteiger partial charge in [-0.2, -0.15) is 0 Å². The first-order valence-corrected chi connectivity index (χ1v) is 13.2. The molecule has 0 saturated heterocycles. The number of aliphatic hydroxyl groups is 1. The minimum atomic E-state index is -1.49. The van der Waals surface area contributed by atoms with E-state index in [0.717, 1.165) is 28.0 Å². The summed E-state index contributed by atoms with van der Waals surface area (Å²) in [4.78, 5) is 9.52. The van der Waals surface area contributed by atoms with Gasteiger partial charge < -0.3 is 5.11 Å². The number of rotatable bonds is 3. The molecule has 1 N–H and O–H groups in total. The van der Waals surface area contributed by atoms with E-state index in [9.17, 15) is 5.11 Å². The van der Waals surface area contributed by atoms with Crippen LogP contribution in [0.1, 0.15) is 42.9 Å². The number of aliphatic hydroxyl groups excluding tert-OH is 1. The predicted octanol–water partition coefficient (Wildman–Crippen LogP) is 5.95. The Morgan fingerprint density at radius 2 is 1.74 bits per heavy atom. The zero-order valence-electron chi connectivity index (χ0n) is 17.8. The minimum Gasteiger partial charge on any atom is -0.512 e. The molecule has 0 atom stereocenters. The van der Waals surface area contributed by atoms with Crippen LogP contribution in [-0.2, 0) is 0 Å². The molecule has 0 spiro atoms. The third kappa shape index (κ3) is 3.27. The van der Waals surface area contributed by atoms with E-state index >= 15 is 0 Å². The van der Waals surface area contributed by atoms with Crippen LogP contribution in [0.2, 0.25) is 19.6 Å². The number of fused-ring (bicyclic) bond motifs is 3. The van der Waals surface area contributed by atoms with Crippen LogP contribution in [0.3, 0.4) is 0 Å². The Labute approximate surface area is 163 Å². The van der Waals surface area contributed by atoms with Crippen LogP contribution in [0.15, 0.2) is 24.0 Å². The van der Waals surface area contributed by atoms with E-state index in [0.29, 0.717) is 12.2 Å². The Balaban J connectivity index is 2.53. The van der Waals surface area contributed by atoms with Crippen molar-refractivity contribution in [3.8, 4) is 0 Å². The number of aromatic nitrogens is 2. The number of allylic oxidation sites excluding steroid dienone is 2. The first-order chi connectivity index (χ1) is 12.6. The van der Waals surface area contributed by atoms with Crippen molar-refractivity contribution in [2.24, 2.45) is 0 Å². The first-order valence-electron chi connectivity index (χ1n) is 9.67. The molecule has 0 bridgehead atoms. The van der Waals surface area contributed by atoms with E-state index in [1.165, 1.54) is 27.1 Å². The monoisotopic (exact) mass is 378 g/mol. The summed E-state index contributed by atoms with van der Waals surface area (Å²) in [6, 6.07) is 6.58. The van der Waals surface area contributed by atoms with E-state index in [2.05, 4.69) is 56.7 Å². The minimum absolute atomic E-state index is 0.387. The molecule has 3 aromatic rings.